The summed E-state index contributed by atoms with van der Waals surface area (Å²) >= 11 is 0. The smallest absolute Gasteiger partial charge is 0.137 e. The van der Waals surface area contributed by atoms with E-state index in [2.05, 4.69) is 22.2 Å². The van der Waals surface area contributed by atoms with Gasteiger partial charge in [-0.1, -0.05) is 35.5 Å². The highest BCUT2D eigenvalue weighted by Crippen LogP contribution is 2.38. The number of aliphatic hydroxyl groups is 1. The molecule has 1 aliphatic rings. The van der Waals surface area contributed by atoms with Crippen LogP contribution in [0.4, 0.5) is 0 Å². The molecule has 32 heavy (non-hydrogen) atoms. The molecule has 2 aromatic carbocycles. The van der Waals surface area contributed by atoms with Crippen LogP contribution in [0.25, 0.3) is 0 Å². The molecule has 1 fully saturated rings. The molecule has 1 saturated heterocycles. The summed E-state index contributed by atoms with van der Waals surface area (Å²) in [5.74, 6) is 2.47. The number of benzene rings is 2. The SMILES string of the molecule is COc1ccc(CN2CCC(O)(c3ccccc3OC)CC2)cc1Cc1c(C)noc1C. The van der Waals surface area contributed by atoms with E-state index in [0.717, 1.165) is 65.7 Å². The Morgan fingerprint density at radius 2 is 1.75 bits per heavy atom. The predicted octanol–water partition coefficient (Wildman–Crippen LogP) is 4.38. The van der Waals surface area contributed by atoms with Gasteiger partial charge in [-0.15, -0.1) is 0 Å². The Hall–Kier alpha value is -2.83. The minimum atomic E-state index is -0.850. The first-order valence-corrected chi connectivity index (χ1v) is 11.1. The molecule has 6 heteroatoms. The van der Waals surface area contributed by atoms with Crippen molar-refractivity contribution >= 4 is 0 Å². The summed E-state index contributed by atoms with van der Waals surface area (Å²) in [4.78, 5) is 2.39. The zero-order valence-electron chi connectivity index (χ0n) is 19.4. The number of aromatic nitrogens is 1. The quantitative estimate of drug-likeness (QED) is 0.593. The fourth-order valence-corrected chi connectivity index (χ4v) is 4.65. The lowest BCUT2D eigenvalue weighted by Gasteiger charge is -2.39. The van der Waals surface area contributed by atoms with Gasteiger partial charge in [0, 0.05) is 37.2 Å². The molecule has 0 aliphatic carbocycles. The molecule has 2 heterocycles. The number of para-hydroxylation sites is 1. The van der Waals surface area contributed by atoms with Gasteiger partial charge < -0.3 is 19.1 Å². The second kappa shape index (κ2) is 9.35. The Balaban J connectivity index is 1.46. The average molecular weight is 437 g/mol. The van der Waals surface area contributed by atoms with Gasteiger partial charge in [0.25, 0.3) is 0 Å². The van der Waals surface area contributed by atoms with Crippen molar-refractivity contribution in [3.8, 4) is 11.5 Å². The maximum atomic E-state index is 11.3. The monoisotopic (exact) mass is 436 g/mol. The molecule has 0 radical (unpaired) electrons. The van der Waals surface area contributed by atoms with Crippen molar-refractivity contribution in [1.82, 2.24) is 10.1 Å². The molecule has 0 spiro atoms. The Morgan fingerprint density at radius 3 is 2.41 bits per heavy atom. The first kappa shape index (κ1) is 22.4. The van der Waals surface area contributed by atoms with E-state index in [-0.39, 0.29) is 0 Å². The van der Waals surface area contributed by atoms with Crippen molar-refractivity contribution in [2.75, 3.05) is 27.3 Å². The van der Waals surface area contributed by atoms with Crippen molar-refractivity contribution in [1.29, 1.82) is 0 Å². The van der Waals surface area contributed by atoms with Crippen LogP contribution in [0.1, 0.15) is 46.5 Å². The summed E-state index contributed by atoms with van der Waals surface area (Å²) in [6, 6.07) is 14.2. The molecule has 0 unspecified atom stereocenters. The Kier molecular flexibility index (Phi) is 6.53. The van der Waals surface area contributed by atoms with Gasteiger partial charge in [0.2, 0.25) is 0 Å². The van der Waals surface area contributed by atoms with E-state index >= 15 is 0 Å². The summed E-state index contributed by atoms with van der Waals surface area (Å²) in [5, 5.41) is 15.4. The number of methoxy groups -OCH3 is 2. The summed E-state index contributed by atoms with van der Waals surface area (Å²) in [5.41, 5.74) is 4.42. The van der Waals surface area contributed by atoms with Gasteiger partial charge >= 0.3 is 0 Å². The number of piperidine rings is 1. The van der Waals surface area contributed by atoms with Crippen LogP contribution in [0, 0.1) is 13.8 Å². The Bertz CT molecular complexity index is 1050. The van der Waals surface area contributed by atoms with Crippen LogP contribution >= 0.6 is 0 Å². The molecule has 0 bridgehead atoms. The molecular weight excluding hydrogens is 404 g/mol. The molecular formula is C26H32N2O4. The number of nitrogens with zero attached hydrogens (tertiary/aromatic N) is 2. The molecule has 4 rings (SSSR count). The summed E-state index contributed by atoms with van der Waals surface area (Å²) in [6.07, 6.45) is 2.08. The highest BCUT2D eigenvalue weighted by molar-refractivity contribution is 5.42. The van der Waals surface area contributed by atoms with Crippen molar-refractivity contribution < 1.29 is 19.1 Å². The number of hydrogen-bond donors (Lipinski definition) is 1. The lowest BCUT2D eigenvalue weighted by Crippen LogP contribution is -2.42. The van der Waals surface area contributed by atoms with E-state index in [9.17, 15) is 5.11 Å². The molecule has 0 saturated carbocycles. The van der Waals surface area contributed by atoms with Crippen LogP contribution in [0.3, 0.4) is 0 Å². The summed E-state index contributed by atoms with van der Waals surface area (Å²) in [7, 11) is 3.36. The first-order valence-electron chi connectivity index (χ1n) is 11.1. The van der Waals surface area contributed by atoms with Crippen molar-refractivity contribution in [2.45, 2.75) is 45.3 Å². The Labute approximate surface area is 189 Å². The summed E-state index contributed by atoms with van der Waals surface area (Å²) in [6.45, 7) is 6.39. The third-order valence-electron chi connectivity index (χ3n) is 6.59. The maximum Gasteiger partial charge on any atom is 0.137 e. The highest BCUT2D eigenvalue weighted by Gasteiger charge is 2.36. The van der Waals surface area contributed by atoms with E-state index in [0.29, 0.717) is 12.8 Å². The second-order valence-corrected chi connectivity index (χ2v) is 8.63. The number of aryl methyl sites for hydroxylation is 2. The topological polar surface area (TPSA) is 68.0 Å². The van der Waals surface area contributed by atoms with Crippen LogP contribution in [0.15, 0.2) is 47.0 Å². The molecule has 0 atom stereocenters. The standard InChI is InChI=1S/C26H32N2O4/c1-18-22(19(2)32-27-18)16-21-15-20(9-10-24(21)30-3)17-28-13-11-26(29,12-14-28)23-7-5-6-8-25(23)31-4/h5-10,15,29H,11-14,16-17H2,1-4H3. The molecule has 1 aliphatic heterocycles. The van der Waals surface area contributed by atoms with E-state index in [4.69, 9.17) is 14.0 Å². The number of ether oxygens (including phenoxy) is 2. The molecule has 1 aromatic heterocycles. The minimum absolute atomic E-state index is 0.676. The van der Waals surface area contributed by atoms with Crippen molar-refractivity contribution in [2.24, 2.45) is 0 Å². The zero-order valence-corrected chi connectivity index (χ0v) is 19.4. The lowest BCUT2D eigenvalue weighted by molar-refractivity contribution is -0.0292. The third kappa shape index (κ3) is 4.52. The van der Waals surface area contributed by atoms with Crippen LogP contribution in [-0.4, -0.2) is 42.5 Å². The fraction of sp³-hybridized carbons (Fsp3) is 0.423. The summed E-state index contributed by atoms with van der Waals surface area (Å²) < 4.78 is 16.4. The predicted molar refractivity (Wildman–Crippen MR) is 123 cm³/mol. The van der Waals surface area contributed by atoms with E-state index in [1.54, 1.807) is 14.2 Å². The largest absolute Gasteiger partial charge is 0.496 e. The Morgan fingerprint density at radius 1 is 1.03 bits per heavy atom. The molecule has 0 amide bonds. The van der Waals surface area contributed by atoms with Crippen LogP contribution in [0.5, 0.6) is 11.5 Å². The van der Waals surface area contributed by atoms with Gasteiger partial charge in [-0.25, -0.2) is 0 Å². The molecule has 1 N–H and O–H groups in total. The molecule has 170 valence electrons. The molecule has 6 nitrogen and oxygen atoms in total. The van der Waals surface area contributed by atoms with Gasteiger partial charge in [0.15, 0.2) is 0 Å². The van der Waals surface area contributed by atoms with E-state index < -0.39 is 5.60 Å². The number of rotatable bonds is 7. The first-order chi connectivity index (χ1) is 15.4. The normalized spacial score (nSPS) is 16.2. The number of hydrogen-bond acceptors (Lipinski definition) is 6. The second-order valence-electron chi connectivity index (χ2n) is 8.63. The fourth-order valence-electron chi connectivity index (χ4n) is 4.65. The van der Waals surface area contributed by atoms with Crippen LogP contribution in [-0.2, 0) is 18.6 Å². The van der Waals surface area contributed by atoms with Crippen molar-refractivity contribution in [3.63, 3.8) is 0 Å². The van der Waals surface area contributed by atoms with Gasteiger partial charge in [0.05, 0.1) is 25.5 Å². The van der Waals surface area contributed by atoms with E-state index in [1.165, 1.54) is 5.56 Å². The third-order valence-corrected chi connectivity index (χ3v) is 6.59. The van der Waals surface area contributed by atoms with E-state index in [1.807, 2.05) is 44.2 Å². The van der Waals surface area contributed by atoms with Gasteiger partial charge in [-0.05, 0) is 49.9 Å². The maximum absolute atomic E-state index is 11.3. The van der Waals surface area contributed by atoms with Crippen LogP contribution < -0.4 is 9.47 Å². The zero-order chi connectivity index (χ0) is 22.7. The van der Waals surface area contributed by atoms with Crippen molar-refractivity contribution in [3.05, 3.63) is 76.2 Å². The minimum Gasteiger partial charge on any atom is -0.496 e. The van der Waals surface area contributed by atoms with Crippen LogP contribution in [0.2, 0.25) is 0 Å². The number of likely N-dealkylation sites (tertiary alicyclic amines) is 1. The van der Waals surface area contributed by atoms with Gasteiger partial charge in [0.1, 0.15) is 17.3 Å². The lowest BCUT2D eigenvalue weighted by atomic mass is 9.83. The average Bonchev–Trinajstić information content (AvgIpc) is 3.13. The molecule has 3 aromatic rings. The van der Waals surface area contributed by atoms with Gasteiger partial charge in [-0.2, -0.15) is 0 Å². The van der Waals surface area contributed by atoms with Gasteiger partial charge in [-0.3, -0.25) is 4.90 Å². The highest BCUT2D eigenvalue weighted by atomic mass is 16.5.